The van der Waals surface area contributed by atoms with E-state index < -0.39 is 18.1 Å². The number of halogens is 3. The Labute approximate surface area is 155 Å². The van der Waals surface area contributed by atoms with Crippen molar-refractivity contribution in [1.29, 1.82) is 0 Å². The fourth-order valence-corrected chi connectivity index (χ4v) is 3.43. The Morgan fingerprint density at radius 1 is 1.15 bits per heavy atom. The Morgan fingerprint density at radius 3 is 2.26 bits per heavy atom. The lowest BCUT2D eigenvalue weighted by atomic mass is 9.74. The molecule has 1 aromatic carbocycles. The van der Waals surface area contributed by atoms with E-state index in [1.165, 1.54) is 14.2 Å². The van der Waals surface area contributed by atoms with Gasteiger partial charge in [0, 0.05) is 5.41 Å². The first-order chi connectivity index (χ1) is 12.6. The molecule has 0 saturated heterocycles. The van der Waals surface area contributed by atoms with Crippen LogP contribution < -0.4 is 9.47 Å². The highest BCUT2D eigenvalue weighted by Gasteiger charge is 2.42. The molecule has 1 aliphatic carbocycles. The van der Waals surface area contributed by atoms with Gasteiger partial charge in [0.15, 0.2) is 5.78 Å². The number of aromatic nitrogens is 2. The molecule has 1 heterocycles. The van der Waals surface area contributed by atoms with E-state index in [1.807, 2.05) is 0 Å². The van der Waals surface area contributed by atoms with Gasteiger partial charge in [-0.2, -0.15) is 18.3 Å². The number of fused-ring (bicyclic) bond motifs is 1. The summed E-state index contributed by atoms with van der Waals surface area (Å²) in [5, 5.41) is 4.20. The van der Waals surface area contributed by atoms with Crippen LogP contribution in [0.5, 0.6) is 11.5 Å². The fourth-order valence-electron chi connectivity index (χ4n) is 3.43. The summed E-state index contributed by atoms with van der Waals surface area (Å²) in [7, 11) is 2.90. The molecule has 5 nitrogen and oxygen atoms in total. The van der Waals surface area contributed by atoms with Gasteiger partial charge >= 0.3 is 6.18 Å². The van der Waals surface area contributed by atoms with Crippen LogP contribution in [0.1, 0.15) is 36.3 Å². The molecule has 1 aromatic heterocycles. The first-order valence-electron chi connectivity index (χ1n) is 8.51. The van der Waals surface area contributed by atoms with Gasteiger partial charge in [0.1, 0.15) is 23.7 Å². The Bertz CT molecular complexity index is 863. The molecule has 146 valence electrons. The van der Waals surface area contributed by atoms with Crippen LogP contribution in [0.2, 0.25) is 0 Å². The molecule has 27 heavy (non-hydrogen) atoms. The maximum atomic E-state index is 13.1. The quantitative estimate of drug-likeness (QED) is 0.792. The summed E-state index contributed by atoms with van der Waals surface area (Å²) in [6.45, 7) is 2.34. The lowest BCUT2D eigenvalue weighted by Crippen LogP contribution is -2.32. The van der Waals surface area contributed by atoms with E-state index in [-0.39, 0.29) is 17.0 Å². The molecule has 1 aliphatic rings. The molecular formula is C19H21F3N2O3. The average Bonchev–Trinajstić information content (AvgIpc) is 2.94. The second-order valence-electron chi connectivity index (χ2n) is 7.19. The number of Topliss-reactive ketones (excluding diaryl/α,β-unsaturated/α-hetero) is 1. The molecule has 0 atom stereocenters. The third kappa shape index (κ3) is 3.40. The van der Waals surface area contributed by atoms with Gasteiger partial charge in [-0.3, -0.25) is 9.48 Å². The first kappa shape index (κ1) is 19.3. The molecule has 8 heteroatoms. The molecule has 0 bridgehead atoms. The zero-order chi connectivity index (χ0) is 20.0. The number of nitrogens with zero attached hydrogens (tertiary/aromatic N) is 2. The molecule has 0 N–H and O–H groups in total. The summed E-state index contributed by atoms with van der Waals surface area (Å²) in [6.07, 6.45) is -3.64. The molecule has 0 amide bonds. The van der Waals surface area contributed by atoms with Crippen molar-refractivity contribution in [2.24, 2.45) is 5.41 Å². The lowest BCUT2D eigenvalue weighted by Gasteiger charge is -2.28. The Morgan fingerprint density at radius 2 is 1.74 bits per heavy atom. The molecule has 0 radical (unpaired) electrons. The minimum absolute atomic E-state index is 0.168. The van der Waals surface area contributed by atoms with Crippen molar-refractivity contribution in [2.75, 3.05) is 14.2 Å². The van der Waals surface area contributed by atoms with Gasteiger partial charge in [-0.25, -0.2) is 0 Å². The van der Waals surface area contributed by atoms with Crippen LogP contribution in [0.15, 0.2) is 18.2 Å². The summed E-state index contributed by atoms with van der Waals surface area (Å²) in [5.74, 6) is 0.537. The topological polar surface area (TPSA) is 53.4 Å². The number of hydrogen-bond acceptors (Lipinski definition) is 4. The van der Waals surface area contributed by atoms with E-state index in [2.05, 4.69) is 5.10 Å². The van der Waals surface area contributed by atoms with Gasteiger partial charge < -0.3 is 9.47 Å². The summed E-state index contributed by atoms with van der Waals surface area (Å²) >= 11 is 0. The number of alkyl halides is 3. The van der Waals surface area contributed by atoms with E-state index in [4.69, 9.17) is 9.47 Å². The second-order valence-corrected chi connectivity index (χ2v) is 7.19. The number of carbonyl (C=O) groups is 1. The molecule has 0 unspecified atom stereocenters. The number of hydrogen-bond donors (Lipinski definition) is 0. The van der Waals surface area contributed by atoms with Crippen molar-refractivity contribution >= 4 is 5.78 Å². The lowest BCUT2D eigenvalue weighted by molar-refractivity contribution is -0.143. The minimum Gasteiger partial charge on any atom is -0.496 e. The SMILES string of the molecule is COc1cccc(OC)c1-c1nn(CC(F)(F)F)c2c1C(=O)C(C)(C)CC2. The number of carbonyl (C=O) groups excluding carboxylic acids is 1. The molecule has 0 saturated carbocycles. The van der Waals surface area contributed by atoms with E-state index in [0.29, 0.717) is 35.6 Å². The van der Waals surface area contributed by atoms with Crippen LogP contribution >= 0.6 is 0 Å². The first-order valence-corrected chi connectivity index (χ1v) is 8.51. The average molecular weight is 382 g/mol. The number of ketones is 1. The molecule has 0 fully saturated rings. The standard InChI is InChI=1S/C19H21F3N2O3/c1-18(2)9-8-11-14(17(18)25)16(23-24(11)10-19(20,21)22)15-12(26-3)6-5-7-13(15)27-4/h5-7H,8-10H2,1-4H3. The maximum Gasteiger partial charge on any atom is 0.408 e. The molecule has 0 aliphatic heterocycles. The minimum atomic E-state index is -4.45. The van der Waals surface area contributed by atoms with Gasteiger partial charge in [0.05, 0.1) is 31.0 Å². The second kappa shape index (κ2) is 6.58. The maximum absolute atomic E-state index is 13.1. The number of methoxy groups -OCH3 is 2. The van der Waals surface area contributed by atoms with Gasteiger partial charge in [-0.05, 0) is 25.0 Å². The van der Waals surface area contributed by atoms with Crippen molar-refractivity contribution in [3.05, 3.63) is 29.5 Å². The van der Waals surface area contributed by atoms with Crippen LogP contribution in [0, 0.1) is 5.41 Å². The number of rotatable bonds is 4. The van der Waals surface area contributed by atoms with Crippen molar-refractivity contribution < 1.29 is 27.4 Å². The predicted molar refractivity (Wildman–Crippen MR) is 93.3 cm³/mol. The monoisotopic (exact) mass is 382 g/mol. The highest BCUT2D eigenvalue weighted by atomic mass is 19.4. The molecular weight excluding hydrogens is 361 g/mol. The van der Waals surface area contributed by atoms with Crippen LogP contribution in [-0.4, -0.2) is 36.0 Å². The van der Waals surface area contributed by atoms with Gasteiger partial charge in [-0.1, -0.05) is 19.9 Å². The van der Waals surface area contributed by atoms with Gasteiger partial charge in [0.2, 0.25) is 0 Å². The normalized spacial score (nSPS) is 16.2. The Hall–Kier alpha value is -2.51. The smallest absolute Gasteiger partial charge is 0.408 e. The predicted octanol–water partition coefficient (Wildman–Crippen LogP) is 4.28. The van der Waals surface area contributed by atoms with Crippen molar-refractivity contribution in [3.8, 4) is 22.8 Å². The Kier molecular flexibility index (Phi) is 4.69. The largest absolute Gasteiger partial charge is 0.496 e. The van der Waals surface area contributed by atoms with Crippen molar-refractivity contribution in [3.63, 3.8) is 0 Å². The molecule has 0 spiro atoms. The van der Waals surface area contributed by atoms with Crippen LogP contribution in [-0.2, 0) is 13.0 Å². The highest BCUT2D eigenvalue weighted by molar-refractivity contribution is 6.07. The van der Waals surface area contributed by atoms with Crippen LogP contribution in [0.4, 0.5) is 13.2 Å². The van der Waals surface area contributed by atoms with Crippen LogP contribution in [0.25, 0.3) is 11.3 Å². The third-order valence-corrected chi connectivity index (χ3v) is 4.88. The number of ether oxygens (including phenoxy) is 2. The number of benzene rings is 1. The highest BCUT2D eigenvalue weighted by Crippen LogP contribution is 2.45. The van der Waals surface area contributed by atoms with Crippen LogP contribution in [0.3, 0.4) is 0 Å². The fraction of sp³-hybridized carbons (Fsp3) is 0.474. The molecule has 2 aromatic rings. The zero-order valence-corrected chi connectivity index (χ0v) is 15.6. The zero-order valence-electron chi connectivity index (χ0n) is 15.6. The van der Waals surface area contributed by atoms with E-state index in [9.17, 15) is 18.0 Å². The van der Waals surface area contributed by atoms with Gasteiger partial charge in [0.25, 0.3) is 0 Å². The van der Waals surface area contributed by atoms with E-state index in [1.54, 1.807) is 32.0 Å². The third-order valence-electron chi connectivity index (χ3n) is 4.88. The summed E-state index contributed by atoms with van der Waals surface area (Å²) in [4.78, 5) is 13.1. The van der Waals surface area contributed by atoms with E-state index in [0.717, 1.165) is 4.68 Å². The van der Waals surface area contributed by atoms with Crippen molar-refractivity contribution in [1.82, 2.24) is 9.78 Å². The molecule has 3 rings (SSSR count). The summed E-state index contributed by atoms with van der Waals surface area (Å²) in [5.41, 5.74) is 0.397. The van der Waals surface area contributed by atoms with Crippen molar-refractivity contribution in [2.45, 2.75) is 39.4 Å². The summed E-state index contributed by atoms with van der Waals surface area (Å²) in [6, 6.07) is 5.02. The Balaban J connectivity index is 2.31. The van der Waals surface area contributed by atoms with Gasteiger partial charge in [-0.15, -0.1) is 0 Å². The van der Waals surface area contributed by atoms with E-state index >= 15 is 0 Å². The summed E-state index contributed by atoms with van der Waals surface area (Å²) < 4.78 is 50.8.